The van der Waals surface area contributed by atoms with E-state index in [2.05, 4.69) is 0 Å². The molecule has 4 heteroatoms. The number of phenolic OH excluding ortho intramolecular Hbond substituents is 1. The van der Waals surface area contributed by atoms with E-state index >= 15 is 0 Å². The third-order valence-electron chi connectivity index (χ3n) is 0.931. The SMILES string of the molecule is N.Oc1cccc(Cl)c1Cl. The zero-order chi connectivity index (χ0) is 6.85. The lowest BCUT2D eigenvalue weighted by Gasteiger charge is -1.95. The van der Waals surface area contributed by atoms with E-state index in [1.165, 1.54) is 6.07 Å². The fourth-order valence-corrected chi connectivity index (χ4v) is 0.788. The molecule has 0 fully saturated rings. The van der Waals surface area contributed by atoms with E-state index in [4.69, 9.17) is 28.3 Å². The molecule has 0 aromatic heterocycles. The number of rotatable bonds is 0. The first-order valence-corrected chi connectivity index (χ1v) is 3.10. The molecule has 0 aliphatic carbocycles. The van der Waals surface area contributed by atoms with Gasteiger partial charge in [-0.05, 0) is 12.1 Å². The van der Waals surface area contributed by atoms with Crippen molar-refractivity contribution in [2.75, 3.05) is 0 Å². The van der Waals surface area contributed by atoms with Gasteiger partial charge in [0.05, 0.1) is 5.02 Å². The first-order chi connectivity index (χ1) is 4.22. The topological polar surface area (TPSA) is 55.2 Å². The molecular weight excluding hydrogens is 173 g/mol. The highest BCUT2D eigenvalue weighted by Crippen LogP contribution is 2.29. The number of phenols is 1. The second-order valence-corrected chi connectivity index (χ2v) is 2.36. The largest absolute Gasteiger partial charge is 0.506 e. The van der Waals surface area contributed by atoms with Crippen molar-refractivity contribution in [1.82, 2.24) is 6.15 Å². The summed E-state index contributed by atoms with van der Waals surface area (Å²) in [5, 5.41) is 9.46. The Labute approximate surface area is 69.0 Å². The van der Waals surface area contributed by atoms with Gasteiger partial charge in [-0.25, -0.2) is 0 Å². The molecule has 0 spiro atoms. The molecule has 2 nitrogen and oxygen atoms in total. The third-order valence-corrected chi connectivity index (χ3v) is 1.74. The molecule has 0 radical (unpaired) electrons. The molecule has 4 N–H and O–H groups in total. The minimum Gasteiger partial charge on any atom is -0.506 e. The molecule has 10 heavy (non-hydrogen) atoms. The van der Waals surface area contributed by atoms with Crippen LogP contribution in [-0.4, -0.2) is 5.11 Å². The summed E-state index contributed by atoms with van der Waals surface area (Å²) in [7, 11) is 0. The molecule has 1 aromatic rings. The van der Waals surface area contributed by atoms with Crippen molar-refractivity contribution in [2.45, 2.75) is 0 Å². The van der Waals surface area contributed by atoms with Gasteiger partial charge in [-0.3, -0.25) is 0 Å². The zero-order valence-electron chi connectivity index (χ0n) is 5.14. The van der Waals surface area contributed by atoms with Crippen LogP contribution in [-0.2, 0) is 0 Å². The predicted octanol–water partition coefficient (Wildman–Crippen LogP) is 2.86. The Kier molecular flexibility index (Phi) is 3.50. The Morgan fingerprint density at radius 1 is 1.20 bits per heavy atom. The van der Waals surface area contributed by atoms with Gasteiger partial charge >= 0.3 is 0 Å². The Morgan fingerprint density at radius 2 is 1.80 bits per heavy atom. The van der Waals surface area contributed by atoms with Crippen LogP contribution in [0.1, 0.15) is 0 Å². The molecular formula is C6H7Cl2NO. The molecule has 1 aromatic carbocycles. The van der Waals surface area contributed by atoms with Gasteiger partial charge in [-0.15, -0.1) is 0 Å². The van der Waals surface area contributed by atoms with Crippen molar-refractivity contribution in [3.05, 3.63) is 28.2 Å². The first-order valence-electron chi connectivity index (χ1n) is 2.35. The molecule has 0 bridgehead atoms. The van der Waals surface area contributed by atoms with Crippen molar-refractivity contribution in [3.63, 3.8) is 0 Å². The number of benzene rings is 1. The van der Waals surface area contributed by atoms with Gasteiger partial charge in [0.1, 0.15) is 10.8 Å². The molecule has 0 saturated carbocycles. The maximum atomic E-state index is 8.88. The third kappa shape index (κ3) is 1.77. The highest BCUT2D eigenvalue weighted by molar-refractivity contribution is 6.42. The summed E-state index contributed by atoms with van der Waals surface area (Å²) < 4.78 is 0. The van der Waals surface area contributed by atoms with Crippen molar-refractivity contribution in [1.29, 1.82) is 0 Å². The van der Waals surface area contributed by atoms with Gasteiger partial charge in [0, 0.05) is 0 Å². The van der Waals surface area contributed by atoms with Crippen LogP contribution in [0.25, 0.3) is 0 Å². The fourth-order valence-electron chi connectivity index (χ4n) is 0.492. The molecule has 0 aliphatic rings. The van der Waals surface area contributed by atoms with Gasteiger partial charge in [-0.1, -0.05) is 29.3 Å². The average molecular weight is 180 g/mol. The standard InChI is InChI=1S/C6H4Cl2O.H3N/c7-4-2-1-3-5(9)6(4)8;/h1-3,9H;1H3. The van der Waals surface area contributed by atoms with Crippen molar-refractivity contribution in [2.24, 2.45) is 0 Å². The van der Waals surface area contributed by atoms with Crippen LogP contribution >= 0.6 is 23.2 Å². The van der Waals surface area contributed by atoms with Crippen LogP contribution < -0.4 is 6.15 Å². The lowest BCUT2D eigenvalue weighted by molar-refractivity contribution is 0.475. The normalized spacial score (nSPS) is 8.60. The molecule has 0 heterocycles. The first kappa shape index (κ1) is 9.56. The maximum absolute atomic E-state index is 8.88. The van der Waals surface area contributed by atoms with Gasteiger partial charge < -0.3 is 11.3 Å². The maximum Gasteiger partial charge on any atom is 0.135 e. The van der Waals surface area contributed by atoms with E-state index in [0.717, 1.165) is 0 Å². The molecule has 56 valence electrons. The lowest BCUT2D eigenvalue weighted by atomic mass is 10.3. The van der Waals surface area contributed by atoms with E-state index in [1.54, 1.807) is 12.1 Å². The molecule has 0 unspecified atom stereocenters. The molecule has 1 rings (SSSR count). The average Bonchev–Trinajstić information content (AvgIpc) is 1.83. The van der Waals surface area contributed by atoms with Crippen LogP contribution in [0.4, 0.5) is 0 Å². The molecule has 0 atom stereocenters. The zero-order valence-corrected chi connectivity index (χ0v) is 6.65. The second kappa shape index (κ2) is 3.66. The lowest BCUT2D eigenvalue weighted by Crippen LogP contribution is -1.67. The summed E-state index contributed by atoms with van der Waals surface area (Å²) >= 11 is 11.0. The highest BCUT2D eigenvalue weighted by Gasteiger charge is 1.99. The van der Waals surface area contributed by atoms with Crippen LogP contribution in [0.5, 0.6) is 5.75 Å². The quantitative estimate of drug-likeness (QED) is 0.644. The molecule has 0 amide bonds. The van der Waals surface area contributed by atoms with Crippen LogP contribution in [0, 0.1) is 0 Å². The van der Waals surface area contributed by atoms with E-state index in [-0.39, 0.29) is 16.9 Å². The molecule has 0 saturated heterocycles. The van der Waals surface area contributed by atoms with Crippen molar-refractivity contribution in [3.8, 4) is 5.75 Å². The highest BCUT2D eigenvalue weighted by atomic mass is 35.5. The van der Waals surface area contributed by atoms with Gasteiger partial charge in [-0.2, -0.15) is 0 Å². The van der Waals surface area contributed by atoms with E-state index in [1.807, 2.05) is 0 Å². The summed E-state index contributed by atoms with van der Waals surface area (Å²) in [5.41, 5.74) is 0. The smallest absolute Gasteiger partial charge is 0.135 e. The van der Waals surface area contributed by atoms with Gasteiger partial charge in [0.15, 0.2) is 0 Å². The number of aromatic hydroxyl groups is 1. The van der Waals surface area contributed by atoms with E-state index < -0.39 is 0 Å². The van der Waals surface area contributed by atoms with Crippen molar-refractivity contribution >= 4 is 23.2 Å². The monoisotopic (exact) mass is 179 g/mol. The van der Waals surface area contributed by atoms with E-state index in [9.17, 15) is 0 Å². The number of hydrogen-bond donors (Lipinski definition) is 2. The van der Waals surface area contributed by atoms with Crippen LogP contribution in [0.15, 0.2) is 18.2 Å². The second-order valence-electron chi connectivity index (χ2n) is 1.57. The minimum absolute atomic E-state index is 0. The molecule has 0 aliphatic heterocycles. The number of hydrogen-bond acceptors (Lipinski definition) is 2. The Hall–Kier alpha value is -0.440. The summed E-state index contributed by atoms with van der Waals surface area (Å²) in [5.74, 6) is 0.0177. The van der Waals surface area contributed by atoms with Gasteiger partial charge in [0.25, 0.3) is 0 Å². The van der Waals surface area contributed by atoms with Crippen LogP contribution in [0.3, 0.4) is 0 Å². The predicted molar refractivity (Wildman–Crippen MR) is 43.1 cm³/mol. The fraction of sp³-hybridized carbons (Fsp3) is 0. The Balaban J connectivity index is 0.000000810. The van der Waals surface area contributed by atoms with Crippen LogP contribution in [0.2, 0.25) is 10.0 Å². The summed E-state index contributed by atoms with van der Waals surface area (Å²) in [6.45, 7) is 0. The summed E-state index contributed by atoms with van der Waals surface area (Å²) in [6.07, 6.45) is 0. The minimum atomic E-state index is 0. The number of halogens is 2. The van der Waals surface area contributed by atoms with Gasteiger partial charge in [0.2, 0.25) is 0 Å². The summed E-state index contributed by atoms with van der Waals surface area (Å²) in [4.78, 5) is 0. The Morgan fingerprint density at radius 3 is 2.20 bits per heavy atom. The summed E-state index contributed by atoms with van der Waals surface area (Å²) in [6, 6.07) is 4.72. The Bertz CT molecular complexity index is 207. The van der Waals surface area contributed by atoms with Crippen molar-refractivity contribution < 1.29 is 5.11 Å². The van der Waals surface area contributed by atoms with E-state index in [0.29, 0.717) is 5.02 Å².